The quantitative estimate of drug-likeness (QED) is 0.148. The number of aromatic nitrogens is 2. The molecule has 1 aromatic rings. The fourth-order valence-electron chi connectivity index (χ4n) is 1.94. The van der Waals surface area contributed by atoms with Crippen LogP contribution in [0, 0.1) is 0 Å². The van der Waals surface area contributed by atoms with E-state index < -0.39 is 55.7 Å². The van der Waals surface area contributed by atoms with Crippen LogP contribution in [0.5, 0.6) is 0 Å². The second kappa shape index (κ2) is 6.51. The highest BCUT2D eigenvalue weighted by atomic mass is 31.2. The van der Waals surface area contributed by atoms with Crippen LogP contribution in [0.3, 0.4) is 0 Å². The number of hydrogen-bond acceptors (Lipinski definition) is 12. The lowest BCUT2D eigenvalue weighted by atomic mass is 10.1. The first-order valence-electron chi connectivity index (χ1n) is 6.19. The molecule has 0 aromatic carbocycles. The average Bonchev–Trinajstić information content (AvgIpc) is 2.78. The minimum absolute atomic E-state index is 0.382. The molecule has 1 fully saturated rings. The molecule has 130 valence electrons. The maximum Gasteiger partial charge on any atom is 0.405 e. The van der Waals surface area contributed by atoms with Gasteiger partial charge in [-0.05, 0) is 0 Å². The molecule has 0 spiro atoms. The molecular weight excluding hydrogens is 337 g/mol. The van der Waals surface area contributed by atoms with Crippen LogP contribution in [0.1, 0.15) is 0 Å². The van der Waals surface area contributed by atoms with E-state index in [4.69, 9.17) is 26.6 Å². The number of nitrogens with zero attached hydrogens (tertiary/aromatic N) is 2. The summed E-state index contributed by atoms with van der Waals surface area (Å²) >= 11 is 0. The summed E-state index contributed by atoms with van der Waals surface area (Å²) in [5.74, 6) is -0.775. The van der Waals surface area contributed by atoms with Crippen LogP contribution in [-0.4, -0.2) is 66.6 Å². The van der Waals surface area contributed by atoms with E-state index in [-0.39, 0.29) is 5.95 Å². The zero-order valence-electron chi connectivity index (χ0n) is 11.5. The Hall–Kier alpha value is -1.57. The first-order chi connectivity index (χ1) is 10.7. The van der Waals surface area contributed by atoms with E-state index >= 15 is 0 Å². The maximum absolute atomic E-state index is 11.6. The van der Waals surface area contributed by atoms with Crippen molar-refractivity contribution in [2.75, 3.05) is 23.4 Å². The highest BCUT2D eigenvalue weighted by molar-refractivity contribution is 7.61. The minimum Gasteiger partial charge on any atom is -0.394 e. The second-order valence-corrected chi connectivity index (χ2v) is 6.30. The molecule has 0 saturated carbocycles. The number of anilines is 3. The van der Waals surface area contributed by atoms with Gasteiger partial charge in [0.1, 0.15) is 24.0 Å². The summed E-state index contributed by atoms with van der Waals surface area (Å²) in [6.07, 6.45) is -5.08. The van der Waals surface area contributed by atoms with Crippen molar-refractivity contribution in [2.24, 2.45) is 0 Å². The van der Waals surface area contributed by atoms with Gasteiger partial charge in [-0.15, -0.1) is 4.67 Å². The van der Waals surface area contributed by atoms with E-state index in [2.05, 4.69) is 20.0 Å². The van der Waals surface area contributed by atoms with Gasteiger partial charge < -0.3 is 41.7 Å². The number of rotatable bonds is 5. The van der Waals surface area contributed by atoms with Crippen LogP contribution >= 0.6 is 7.60 Å². The molecule has 14 heteroatoms. The van der Waals surface area contributed by atoms with Gasteiger partial charge in [0.2, 0.25) is 5.95 Å². The molecule has 2 rings (SSSR count). The summed E-state index contributed by atoms with van der Waals surface area (Å²) in [4.78, 5) is 16.7. The van der Waals surface area contributed by atoms with Gasteiger partial charge in [0.25, 0.3) is 0 Å². The predicted octanol–water partition coefficient (Wildman–Crippen LogP) is -3.21. The smallest absolute Gasteiger partial charge is 0.394 e. The van der Waals surface area contributed by atoms with Crippen molar-refractivity contribution in [1.82, 2.24) is 9.97 Å². The van der Waals surface area contributed by atoms with Gasteiger partial charge >= 0.3 is 7.60 Å². The number of nitrogen functional groups attached to an aromatic ring is 2. The SMILES string of the molecule is Nc1nc(NC2O[C@H](CO)[C@@H](O)[C@H]2O)nc(P(=O)(O)OO)c1N. The lowest BCUT2D eigenvalue weighted by Gasteiger charge is -2.18. The third kappa shape index (κ3) is 3.36. The van der Waals surface area contributed by atoms with E-state index in [1.165, 1.54) is 0 Å². The molecule has 13 nitrogen and oxygen atoms in total. The average molecular weight is 353 g/mol. The van der Waals surface area contributed by atoms with E-state index in [1.54, 1.807) is 0 Å². The second-order valence-electron chi connectivity index (χ2n) is 4.68. The summed E-state index contributed by atoms with van der Waals surface area (Å²) in [7, 11) is -4.74. The van der Waals surface area contributed by atoms with Crippen LogP contribution in [0.4, 0.5) is 17.5 Å². The van der Waals surface area contributed by atoms with Gasteiger partial charge in [0.15, 0.2) is 17.5 Å². The standard InChI is InChI=1S/C9H16N5O8P/c10-3-6(11)12-9(14-8(3)23(19,20)22-18)13-7-5(17)4(16)2(1-15)21-7/h2,4-5,7,15-18H,1,10H2,(H,19,20)(H3,11,12,13,14)/t2-,4-,5-,7?/m1/s1. The van der Waals surface area contributed by atoms with Gasteiger partial charge in [-0.2, -0.15) is 4.98 Å². The van der Waals surface area contributed by atoms with Crippen molar-refractivity contribution < 1.29 is 39.4 Å². The number of hydrogen-bond donors (Lipinski definition) is 8. The van der Waals surface area contributed by atoms with Crippen molar-refractivity contribution in [1.29, 1.82) is 0 Å². The summed E-state index contributed by atoms with van der Waals surface area (Å²) in [5, 5.41) is 39.3. The molecule has 23 heavy (non-hydrogen) atoms. The van der Waals surface area contributed by atoms with Crippen LogP contribution < -0.4 is 22.2 Å². The lowest BCUT2D eigenvalue weighted by molar-refractivity contribution is -0.143. The Morgan fingerprint density at radius 3 is 2.48 bits per heavy atom. The largest absolute Gasteiger partial charge is 0.405 e. The summed E-state index contributed by atoms with van der Waals surface area (Å²) in [6, 6.07) is 0. The monoisotopic (exact) mass is 353 g/mol. The zero-order chi connectivity index (χ0) is 17.4. The molecule has 0 bridgehead atoms. The zero-order valence-corrected chi connectivity index (χ0v) is 12.4. The molecular formula is C9H16N5O8P. The molecule has 2 heterocycles. The molecule has 0 aliphatic carbocycles. The number of nitrogens with one attached hydrogen (secondary N) is 1. The topological polar surface area (TPSA) is 227 Å². The normalized spacial score (nSPS) is 30.1. The van der Waals surface area contributed by atoms with Crippen LogP contribution in [0.2, 0.25) is 0 Å². The van der Waals surface area contributed by atoms with Gasteiger partial charge in [-0.1, -0.05) is 0 Å². The molecule has 1 aromatic heterocycles. The minimum atomic E-state index is -4.74. The Morgan fingerprint density at radius 2 is 1.96 bits per heavy atom. The van der Waals surface area contributed by atoms with Gasteiger partial charge in [-0.3, -0.25) is 4.57 Å². The molecule has 1 aliphatic heterocycles. The summed E-state index contributed by atoms with van der Waals surface area (Å²) in [5.41, 5.74) is 9.71. The number of aliphatic hydroxyl groups excluding tert-OH is 3. The third-order valence-corrected chi connectivity index (χ3v) is 4.24. The molecule has 5 atom stereocenters. The number of aliphatic hydroxyl groups is 3. The Morgan fingerprint density at radius 1 is 1.30 bits per heavy atom. The first-order valence-corrected chi connectivity index (χ1v) is 7.77. The van der Waals surface area contributed by atoms with E-state index in [1.807, 2.05) is 0 Å². The van der Waals surface area contributed by atoms with Crippen molar-refractivity contribution in [3.63, 3.8) is 0 Å². The third-order valence-electron chi connectivity index (χ3n) is 3.15. The number of ether oxygens (including phenoxy) is 1. The Kier molecular flexibility index (Phi) is 5.03. The van der Waals surface area contributed by atoms with E-state index in [0.717, 1.165) is 0 Å². The van der Waals surface area contributed by atoms with E-state index in [0.29, 0.717) is 0 Å². The summed E-state index contributed by atoms with van der Waals surface area (Å²) in [6.45, 7) is -0.545. The predicted molar refractivity (Wildman–Crippen MR) is 75.4 cm³/mol. The molecule has 0 amide bonds. The van der Waals surface area contributed by atoms with Crippen LogP contribution in [0.15, 0.2) is 0 Å². The molecule has 0 radical (unpaired) electrons. The summed E-state index contributed by atoms with van der Waals surface area (Å²) < 4.78 is 20.2. The molecule has 1 aliphatic rings. The molecule has 2 unspecified atom stereocenters. The van der Waals surface area contributed by atoms with Crippen molar-refractivity contribution >= 4 is 30.5 Å². The fourth-order valence-corrected chi connectivity index (χ4v) is 2.66. The van der Waals surface area contributed by atoms with Crippen molar-refractivity contribution in [2.45, 2.75) is 24.5 Å². The first kappa shape index (κ1) is 17.8. The fraction of sp³-hybridized carbons (Fsp3) is 0.556. The Balaban J connectivity index is 2.30. The highest BCUT2D eigenvalue weighted by Crippen LogP contribution is 2.41. The van der Waals surface area contributed by atoms with Crippen molar-refractivity contribution in [3.8, 4) is 0 Å². The van der Waals surface area contributed by atoms with E-state index in [9.17, 15) is 19.7 Å². The lowest BCUT2D eigenvalue weighted by Crippen LogP contribution is -2.37. The van der Waals surface area contributed by atoms with Crippen LogP contribution in [-0.2, 0) is 14.0 Å². The van der Waals surface area contributed by atoms with Gasteiger partial charge in [0.05, 0.1) is 6.61 Å². The van der Waals surface area contributed by atoms with Gasteiger partial charge in [-0.25, -0.2) is 10.2 Å². The van der Waals surface area contributed by atoms with Gasteiger partial charge in [0, 0.05) is 0 Å². The van der Waals surface area contributed by atoms with Crippen molar-refractivity contribution in [3.05, 3.63) is 0 Å². The molecule has 1 saturated heterocycles. The maximum atomic E-state index is 11.6. The van der Waals surface area contributed by atoms with Crippen LogP contribution in [0.25, 0.3) is 0 Å². The Labute approximate surface area is 129 Å². The Bertz CT molecular complexity index is 632. The molecule has 10 N–H and O–H groups in total. The highest BCUT2D eigenvalue weighted by Gasteiger charge is 2.43. The number of nitrogens with two attached hydrogens (primary N) is 2.